The van der Waals surface area contributed by atoms with Crippen LogP contribution in [0.1, 0.15) is 54.4 Å². The minimum Gasteiger partial charge on any atom is -0.444 e. The molecule has 0 aliphatic carbocycles. The molecule has 2 saturated heterocycles. The van der Waals surface area contributed by atoms with Gasteiger partial charge in [0.25, 0.3) is 0 Å². The van der Waals surface area contributed by atoms with Gasteiger partial charge >= 0.3 is 24.2 Å². The highest BCUT2D eigenvalue weighted by molar-refractivity contribution is 6.03. The maximum Gasteiger partial charge on any atom is 0.414 e. The Morgan fingerprint density at radius 3 is 1.68 bits per heavy atom. The Hall–Kier alpha value is -7.95. The lowest BCUT2D eigenvalue weighted by Crippen LogP contribution is -2.65. The van der Waals surface area contributed by atoms with Gasteiger partial charge in [-0.2, -0.15) is 0 Å². The average Bonchev–Trinajstić information content (AvgIpc) is 3.35. The molecule has 0 spiro atoms. The average molecular weight is 928 g/mol. The second kappa shape index (κ2) is 26.9. The number of alkyl carbamates (subject to hydrolysis) is 2. The van der Waals surface area contributed by atoms with Gasteiger partial charge in [0.15, 0.2) is 0 Å². The van der Waals surface area contributed by atoms with E-state index in [2.05, 4.69) is 50.3 Å². The lowest BCUT2D eigenvalue weighted by Gasteiger charge is -2.45. The van der Waals surface area contributed by atoms with Gasteiger partial charge in [-0.25, -0.2) is 19.2 Å². The highest BCUT2D eigenvalue weighted by Crippen LogP contribution is 2.34. The molecule has 17 nitrogen and oxygen atoms in total. The molecule has 0 radical (unpaired) electrons. The van der Waals surface area contributed by atoms with Crippen molar-refractivity contribution in [1.29, 1.82) is 0 Å². The number of carbonyl (C=O) groups is 6. The molecule has 0 saturated carbocycles. The van der Waals surface area contributed by atoms with E-state index in [0.717, 1.165) is 42.4 Å². The maximum absolute atomic E-state index is 12.8. The first-order valence-electron chi connectivity index (χ1n) is 22.5. The zero-order chi connectivity index (χ0) is 48.7. The van der Waals surface area contributed by atoms with Crippen molar-refractivity contribution in [3.8, 4) is 0 Å². The van der Waals surface area contributed by atoms with Gasteiger partial charge in [-0.3, -0.25) is 35.0 Å². The number of hydrogen-bond donors (Lipinski definition) is 6. The van der Waals surface area contributed by atoms with Crippen LogP contribution in [0.3, 0.4) is 0 Å². The third kappa shape index (κ3) is 15.6. The number of benzene rings is 4. The topological polar surface area (TPSA) is 226 Å². The van der Waals surface area contributed by atoms with E-state index in [4.69, 9.17) is 15.2 Å². The van der Waals surface area contributed by atoms with E-state index >= 15 is 0 Å². The van der Waals surface area contributed by atoms with Crippen molar-refractivity contribution in [2.45, 2.75) is 63.8 Å². The zero-order valence-corrected chi connectivity index (χ0v) is 38.5. The number of aryl methyl sites for hydroxylation is 1. The Balaban J connectivity index is 0.000000303. The van der Waals surface area contributed by atoms with Crippen molar-refractivity contribution in [2.75, 3.05) is 27.2 Å². The molecule has 7 N–H and O–H groups in total. The molecule has 2 fully saturated rings. The van der Waals surface area contributed by atoms with Gasteiger partial charge in [0.05, 0.1) is 29.7 Å². The molecule has 8 amide bonds. The standard InChI is InChI=1S/C33H35N5O6.C18H26N4O2/c1-34-31(40)38-28(20-19-24-12-5-2-6-13-24)27(29(38)39)18-11-21-35-30(36-32(41)43-22-25-14-7-3-8-15-25)37-33(42)44-23-26-16-9-4-10-17-26;1-13(19)21-12-6-9-15-16(22(17(15)23)18(24)20-2)11-10-14-7-4-3-5-8-14/h2-10,12-17,19-20,27-28H,11,18,21-23H2,1H3,(H,34,40)(H2,35,36,37,41,42);3-5,7-8,15-16,21H,1,6,9-12,19H2,2H3,(H,20,24)/t27-,28-;15-,16-/m11/s1. The zero-order valence-electron chi connectivity index (χ0n) is 38.5. The molecule has 2 heterocycles. The van der Waals surface area contributed by atoms with Crippen LogP contribution < -0.4 is 32.3 Å². The second-order valence-corrected chi connectivity index (χ2v) is 15.9. The van der Waals surface area contributed by atoms with Crippen molar-refractivity contribution in [2.24, 2.45) is 22.6 Å². The monoisotopic (exact) mass is 927 g/mol. The molecular weight excluding hydrogens is 867 g/mol. The van der Waals surface area contributed by atoms with Gasteiger partial charge in [0.1, 0.15) is 13.2 Å². The summed E-state index contributed by atoms with van der Waals surface area (Å²) >= 11 is 0. The summed E-state index contributed by atoms with van der Waals surface area (Å²) in [7, 11) is 3.03. The Kier molecular flexibility index (Phi) is 20.2. The number of nitrogens with zero attached hydrogens (tertiary/aromatic N) is 3. The fourth-order valence-corrected chi connectivity index (χ4v) is 7.69. The smallest absolute Gasteiger partial charge is 0.414 e. The summed E-state index contributed by atoms with van der Waals surface area (Å²) in [5.74, 6) is -0.589. The van der Waals surface area contributed by atoms with Crippen LogP contribution >= 0.6 is 0 Å². The first-order chi connectivity index (χ1) is 33.0. The maximum atomic E-state index is 12.8. The minimum atomic E-state index is -0.808. The first kappa shape index (κ1) is 51.0. The second-order valence-electron chi connectivity index (χ2n) is 15.9. The largest absolute Gasteiger partial charge is 0.444 e. The summed E-state index contributed by atoms with van der Waals surface area (Å²) < 4.78 is 10.5. The number of urea groups is 2. The number of likely N-dealkylation sites (tertiary alicyclic amines) is 2. The van der Waals surface area contributed by atoms with Gasteiger partial charge < -0.3 is 31.2 Å². The van der Waals surface area contributed by atoms with E-state index in [1.54, 1.807) is 7.05 Å². The van der Waals surface area contributed by atoms with E-state index in [1.807, 2.05) is 121 Å². The lowest BCUT2D eigenvalue weighted by molar-refractivity contribution is -0.151. The lowest BCUT2D eigenvalue weighted by atomic mass is 9.80. The summed E-state index contributed by atoms with van der Waals surface area (Å²) in [4.78, 5) is 81.3. The van der Waals surface area contributed by atoms with Crippen LogP contribution in [0.2, 0.25) is 0 Å². The number of ether oxygens (including phenoxy) is 2. The van der Waals surface area contributed by atoms with Gasteiger partial charge in [-0.1, -0.05) is 140 Å². The Bertz CT molecular complexity index is 2290. The van der Waals surface area contributed by atoms with E-state index in [1.165, 1.54) is 22.4 Å². The van der Waals surface area contributed by atoms with Crippen molar-refractivity contribution in [3.63, 3.8) is 0 Å². The Labute approximate surface area is 397 Å². The van der Waals surface area contributed by atoms with Crippen molar-refractivity contribution in [3.05, 3.63) is 162 Å². The number of nitrogens with one attached hydrogen (secondary N) is 5. The molecule has 0 unspecified atom stereocenters. The quantitative estimate of drug-likeness (QED) is 0.0277. The normalized spacial score (nSPS) is 17.0. The van der Waals surface area contributed by atoms with Crippen LogP contribution in [0.25, 0.3) is 6.08 Å². The Morgan fingerprint density at radius 1 is 0.662 bits per heavy atom. The number of rotatable bonds is 18. The fourth-order valence-electron chi connectivity index (χ4n) is 7.69. The summed E-state index contributed by atoms with van der Waals surface area (Å²) in [6.45, 7) is 4.50. The fraction of sp³-hybridized carbons (Fsp3) is 0.314. The summed E-state index contributed by atoms with van der Waals surface area (Å²) in [6.07, 6.45) is 6.18. The predicted octanol–water partition coefficient (Wildman–Crippen LogP) is 6.44. The summed E-state index contributed by atoms with van der Waals surface area (Å²) in [5.41, 5.74) is 9.23. The van der Waals surface area contributed by atoms with E-state index < -0.39 is 30.2 Å². The van der Waals surface area contributed by atoms with E-state index in [-0.39, 0.29) is 55.5 Å². The molecular formula is C51H61N9O8. The number of amides is 8. The molecule has 4 aromatic carbocycles. The molecule has 4 atom stereocenters. The van der Waals surface area contributed by atoms with Crippen LogP contribution in [0.5, 0.6) is 0 Å². The molecule has 2 aliphatic rings. The van der Waals surface area contributed by atoms with E-state index in [0.29, 0.717) is 25.2 Å². The van der Waals surface area contributed by atoms with Crippen LogP contribution in [-0.2, 0) is 38.7 Å². The minimum absolute atomic E-state index is 0.0297. The van der Waals surface area contributed by atoms with Crippen molar-refractivity contribution >= 4 is 48.1 Å². The number of β-lactam (4-membered cyclic amide) rings is 2. The highest BCUT2D eigenvalue weighted by atomic mass is 16.6. The van der Waals surface area contributed by atoms with Gasteiger partial charge in [0, 0.05) is 27.2 Å². The van der Waals surface area contributed by atoms with Crippen LogP contribution in [0.4, 0.5) is 19.2 Å². The molecule has 0 aromatic heterocycles. The van der Waals surface area contributed by atoms with Crippen LogP contribution in [0.15, 0.2) is 145 Å². The predicted molar refractivity (Wildman–Crippen MR) is 259 cm³/mol. The first-order valence-corrected chi connectivity index (χ1v) is 22.5. The molecule has 68 heavy (non-hydrogen) atoms. The number of carbonyl (C=O) groups excluding carboxylic acids is 6. The number of hydrogen-bond acceptors (Lipinski definition) is 11. The number of imide groups is 2. The molecule has 6 rings (SSSR count). The third-order valence-corrected chi connectivity index (χ3v) is 11.2. The van der Waals surface area contributed by atoms with Gasteiger partial charge in [-0.15, -0.1) is 0 Å². The summed E-state index contributed by atoms with van der Waals surface area (Å²) in [5, 5.41) is 12.9. The molecule has 0 bridgehead atoms. The number of aliphatic imine (C=N–C) groups is 1. The SMILES string of the molecule is C=C(N)NCCC[C@H]1C(=O)N(C(=O)NC)[C@@H]1CCc1ccccc1.CNC(=O)N1C(=O)[C@H](CCCN=C(NC(=O)OCc2ccccc2)NC(=O)OCc2ccccc2)[C@H]1C=Cc1ccccc1. The highest BCUT2D eigenvalue weighted by Gasteiger charge is 2.50. The van der Waals surface area contributed by atoms with Crippen LogP contribution in [-0.4, -0.2) is 91.1 Å². The van der Waals surface area contributed by atoms with Crippen molar-refractivity contribution < 1.29 is 38.2 Å². The number of guanidine groups is 1. The molecule has 4 aromatic rings. The molecule has 17 heteroatoms. The van der Waals surface area contributed by atoms with E-state index in [9.17, 15) is 28.8 Å². The number of nitrogens with two attached hydrogens (primary N) is 1. The third-order valence-electron chi connectivity index (χ3n) is 11.2. The molecule has 2 aliphatic heterocycles. The summed E-state index contributed by atoms with van der Waals surface area (Å²) in [6, 6.07) is 36.8. The van der Waals surface area contributed by atoms with Crippen LogP contribution in [0, 0.1) is 11.8 Å². The van der Waals surface area contributed by atoms with Gasteiger partial charge in [-0.05, 0) is 60.8 Å². The van der Waals surface area contributed by atoms with Gasteiger partial charge in [0.2, 0.25) is 17.8 Å². The Morgan fingerprint density at radius 2 is 1.15 bits per heavy atom. The molecule has 358 valence electrons. The van der Waals surface area contributed by atoms with Crippen molar-refractivity contribution in [1.82, 2.24) is 36.4 Å².